The van der Waals surface area contributed by atoms with Gasteiger partial charge in [0.2, 0.25) is 0 Å². The summed E-state index contributed by atoms with van der Waals surface area (Å²) in [5.41, 5.74) is 1.60. The van der Waals surface area contributed by atoms with Crippen LogP contribution in [0.15, 0.2) is 72.3 Å². The minimum atomic E-state index is -0.863. The Morgan fingerprint density at radius 2 is 1.76 bits per heavy atom. The minimum absolute atomic E-state index is 0.242. The Hall–Kier alpha value is -4.63. The van der Waals surface area contributed by atoms with Gasteiger partial charge in [-0.3, -0.25) is 19.7 Å². The molecule has 5 amide bonds. The van der Waals surface area contributed by atoms with E-state index in [0.29, 0.717) is 33.3 Å². The van der Waals surface area contributed by atoms with E-state index in [1.807, 2.05) is 0 Å². The molecule has 1 heterocycles. The summed E-state index contributed by atoms with van der Waals surface area (Å²) in [6.45, 7) is 1.41. The molecule has 0 spiro atoms. The Kier molecular flexibility index (Phi) is 7.55. The van der Waals surface area contributed by atoms with Crippen LogP contribution in [0.4, 0.5) is 16.2 Å². The molecule has 0 bridgehead atoms. The quantitative estimate of drug-likeness (QED) is 0.354. The number of ether oxygens (including phenoxy) is 2. The van der Waals surface area contributed by atoms with E-state index in [9.17, 15) is 19.2 Å². The number of imide groups is 2. The fraction of sp³-hybridized carbons (Fsp3) is 0.111. The molecule has 0 saturated carbocycles. The van der Waals surface area contributed by atoms with Gasteiger partial charge >= 0.3 is 6.03 Å². The van der Waals surface area contributed by atoms with Gasteiger partial charge in [0.15, 0.2) is 6.61 Å². The van der Waals surface area contributed by atoms with Crippen molar-refractivity contribution in [3.63, 3.8) is 0 Å². The van der Waals surface area contributed by atoms with E-state index < -0.39 is 17.8 Å². The molecule has 10 heteroatoms. The number of benzene rings is 3. The van der Waals surface area contributed by atoms with Crippen LogP contribution in [0.2, 0.25) is 5.02 Å². The monoisotopic (exact) mass is 519 g/mol. The zero-order valence-electron chi connectivity index (χ0n) is 19.9. The lowest BCUT2D eigenvalue weighted by Gasteiger charge is -2.27. The van der Waals surface area contributed by atoms with Gasteiger partial charge in [-0.05, 0) is 72.7 Å². The lowest BCUT2D eigenvalue weighted by Crippen LogP contribution is -2.54. The molecule has 37 heavy (non-hydrogen) atoms. The molecule has 0 atom stereocenters. The molecule has 0 aromatic heterocycles. The van der Waals surface area contributed by atoms with Gasteiger partial charge in [0.25, 0.3) is 17.7 Å². The summed E-state index contributed by atoms with van der Waals surface area (Å²) in [4.78, 5) is 51.3. The molecule has 3 aromatic carbocycles. The van der Waals surface area contributed by atoms with Gasteiger partial charge in [-0.1, -0.05) is 29.8 Å². The second-order valence-electron chi connectivity index (χ2n) is 7.98. The van der Waals surface area contributed by atoms with E-state index in [1.165, 1.54) is 6.08 Å². The van der Waals surface area contributed by atoms with Crippen molar-refractivity contribution in [1.82, 2.24) is 5.32 Å². The normalized spacial score (nSPS) is 14.4. The summed E-state index contributed by atoms with van der Waals surface area (Å²) < 4.78 is 10.7. The second kappa shape index (κ2) is 11.0. The first-order valence-electron chi connectivity index (χ1n) is 11.1. The Bertz CT molecular complexity index is 1420. The van der Waals surface area contributed by atoms with Gasteiger partial charge in [-0.25, -0.2) is 9.69 Å². The van der Waals surface area contributed by atoms with Gasteiger partial charge in [0.1, 0.15) is 17.1 Å². The number of carbonyl (C=O) groups is 4. The van der Waals surface area contributed by atoms with Crippen molar-refractivity contribution in [1.29, 1.82) is 0 Å². The Morgan fingerprint density at radius 1 is 1.03 bits per heavy atom. The van der Waals surface area contributed by atoms with Crippen LogP contribution in [-0.4, -0.2) is 37.5 Å². The highest BCUT2D eigenvalue weighted by molar-refractivity contribution is 6.40. The predicted octanol–water partition coefficient (Wildman–Crippen LogP) is 4.34. The number of urea groups is 1. The predicted molar refractivity (Wildman–Crippen MR) is 139 cm³/mol. The van der Waals surface area contributed by atoms with Crippen LogP contribution < -0.4 is 25.0 Å². The molecule has 0 aliphatic carbocycles. The van der Waals surface area contributed by atoms with Crippen molar-refractivity contribution < 1.29 is 28.7 Å². The molecular weight excluding hydrogens is 498 g/mol. The number of nitrogens with zero attached hydrogens (tertiary/aromatic N) is 1. The topological polar surface area (TPSA) is 114 Å². The summed E-state index contributed by atoms with van der Waals surface area (Å²) >= 11 is 6.15. The lowest BCUT2D eigenvalue weighted by atomic mass is 10.1. The fourth-order valence-corrected chi connectivity index (χ4v) is 3.77. The molecule has 1 aliphatic heterocycles. The standard InChI is InChI=1S/C27H22ClN3O6/c1-16-22(28)7-4-8-23(16)31-26(34)21(25(33)30-27(31)35)14-17-5-3-6-20(13-17)37-15-24(32)29-18-9-11-19(36-2)12-10-18/h3-14H,15H2,1-2H3,(H,29,32)(H,30,33,35)/b21-14-. The number of halogens is 1. The van der Waals surface area contributed by atoms with Gasteiger partial charge < -0.3 is 14.8 Å². The number of amides is 5. The molecule has 0 unspecified atom stereocenters. The third kappa shape index (κ3) is 5.79. The van der Waals surface area contributed by atoms with E-state index in [1.54, 1.807) is 80.8 Å². The van der Waals surface area contributed by atoms with E-state index in [2.05, 4.69) is 10.6 Å². The molecule has 1 aliphatic rings. The molecule has 4 rings (SSSR count). The van der Waals surface area contributed by atoms with E-state index in [4.69, 9.17) is 21.1 Å². The summed E-state index contributed by atoms with van der Waals surface area (Å²) in [6, 6.07) is 17.3. The summed E-state index contributed by atoms with van der Waals surface area (Å²) in [6.07, 6.45) is 1.35. The Labute approximate surface area is 217 Å². The molecule has 3 aromatic rings. The van der Waals surface area contributed by atoms with Crippen LogP contribution in [-0.2, 0) is 14.4 Å². The molecule has 9 nitrogen and oxygen atoms in total. The first-order chi connectivity index (χ1) is 17.8. The molecule has 1 saturated heterocycles. The van der Waals surface area contributed by atoms with Crippen molar-refractivity contribution >= 4 is 52.8 Å². The minimum Gasteiger partial charge on any atom is -0.497 e. The second-order valence-corrected chi connectivity index (χ2v) is 8.39. The number of rotatable bonds is 7. The van der Waals surface area contributed by atoms with Crippen LogP contribution in [0, 0.1) is 6.92 Å². The maximum Gasteiger partial charge on any atom is 0.335 e. The van der Waals surface area contributed by atoms with E-state index in [0.717, 1.165) is 4.90 Å². The maximum absolute atomic E-state index is 13.2. The van der Waals surface area contributed by atoms with Crippen molar-refractivity contribution in [2.24, 2.45) is 0 Å². The number of carbonyl (C=O) groups excluding carboxylic acids is 4. The Morgan fingerprint density at radius 3 is 2.49 bits per heavy atom. The highest BCUT2D eigenvalue weighted by atomic mass is 35.5. The summed E-state index contributed by atoms with van der Waals surface area (Å²) in [5.74, 6) is -0.968. The number of anilines is 2. The smallest absolute Gasteiger partial charge is 0.335 e. The van der Waals surface area contributed by atoms with Crippen LogP contribution in [0.3, 0.4) is 0 Å². The average molecular weight is 520 g/mol. The molecule has 0 radical (unpaired) electrons. The van der Waals surface area contributed by atoms with Crippen molar-refractivity contribution in [3.05, 3.63) is 88.5 Å². The van der Waals surface area contributed by atoms with Gasteiger partial charge in [-0.2, -0.15) is 0 Å². The van der Waals surface area contributed by atoms with Crippen LogP contribution in [0.5, 0.6) is 11.5 Å². The van der Waals surface area contributed by atoms with E-state index >= 15 is 0 Å². The van der Waals surface area contributed by atoms with Gasteiger partial charge in [0, 0.05) is 10.7 Å². The summed E-state index contributed by atoms with van der Waals surface area (Å²) in [5, 5.41) is 5.27. The van der Waals surface area contributed by atoms with Gasteiger partial charge in [-0.15, -0.1) is 0 Å². The largest absolute Gasteiger partial charge is 0.497 e. The highest BCUT2D eigenvalue weighted by Gasteiger charge is 2.37. The maximum atomic E-state index is 13.2. The molecular formula is C27H22ClN3O6. The number of hydrogen-bond acceptors (Lipinski definition) is 6. The zero-order chi connectivity index (χ0) is 26.5. The van der Waals surface area contributed by atoms with Crippen molar-refractivity contribution in [3.8, 4) is 11.5 Å². The van der Waals surface area contributed by atoms with Crippen molar-refractivity contribution in [2.75, 3.05) is 23.9 Å². The zero-order valence-corrected chi connectivity index (χ0v) is 20.7. The highest BCUT2D eigenvalue weighted by Crippen LogP contribution is 2.29. The average Bonchev–Trinajstić information content (AvgIpc) is 2.88. The third-order valence-corrected chi connectivity index (χ3v) is 5.90. The fourth-order valence-electron chi connectivity index (χ4n) is 3.60. The number of barbiturate groups is 1. The third-order valence-electron chi connectivity index (χ3n) is 5.49. The first kappa shape index (κ1) is 25.5. The van der Waals surface area contributed by atoms with Crippen molar-refractivity contribution in [2.45, 2.75) is 6.92 Å². The van der Waals surface area contributed by atoms with Crippen LogP contribution in [0.1, 0.15) is 11.1 Å². The Balaban J connectivity index is 1.48. The molecule has 2 N–H and O–H groups in total. The lowest BCUT2D eigenvalue weighted by molar-refractivity contribution is -0.122. The van der Waals surface area contributed by atoms with Gasteiger partial charge in [0.05, 0.1) is 12.8 Å². The van der Waals surface area contributed by atoms with Crippen LogP contribution >= 0.6 is 11.6 Å². The van der Waals surface area contributed by atoms with E-state index in [-0.39, 0.29) is 23.8 Å². The molecule has 188 valence electrons. The van der Waals surface area contributed by atoms with Crippen LogP contribution in [0.25, 0.3) is 6.08 Å². The number of methoxy groups -OCH3 is 1. The summed E-state index contributed by atoms with van der Waals surface area (Å²) in [7, 11) is 1.55. The first-order valence-corrected chi connectivity index (χ1v) is 11.5. The SMILES string of the molecule is COc1ccc(NC(=O)COc2cccc(/C=C3/C(=O)NC(=O)N(c4cccc(Cl)c4C)C3=O)c2)cc1. The molecule has 1 fully saturated rings. The number of hydrogen-bond donors (Lipinski definition) is 2. The number of nitrogens with one attached hydrogen (secondary N) is 2.